The van der Waals surface area contributed by atoms with Gasteiger partial charge in [-0.25, -0.2) is 4.79 Å². The summed E-state index contributed by atoms with van der Waals surface area (Å²) in [5, 5.41) is 28.0. The zero-order valence-electron chi connectivity index (χ0n) is 24.8. The van der Waals surface area contributed by atoms with Gasteiger partial charge in [-0.3, -0.25) is 19.2 Å². The van der Waals surface area contributed by atoms with Gasteiger partial charge in [-0.05, 0) is 55.1 Å². The number of H-pyrrole nitrogens is 1. The quantitative estimate of drug-likeness (QED) is 0.0857. The summed E-state index contributed by atoms with van der Waals surface area (Å²) in [7, 11) is 0. The van der Waals surface area contributed by atoms with E-state index in [9.17, 15) is 34.2 Å². The molecule has 242 valence electrons. The Labute approximate surface area is 260 Å². The van der Waals surface area contributed by atoms with Crippen molar-refractivity contribution in [2.45, 2.75) is 69.1 Å². The Balaban J connectivity index is 1.79. The zero-order valence-corrected chi connectivity index (χ0v) is 24.8. The molecule has 12 N–H and O–H groups in total. The molecule has 0 bridgehead atoms. The number of primary amides is 1. The van der Waals surface area contributed by atoms with Gasteiger partial charge in [0.2, 0.25) is 23.6 Å². The predicted molar refractivity (Wildman–Crippen MR) is 167 cm³/mol. The third-order valence-electron chi connectivity index (χ3n) is 7.34. The Bertz CT molecular complexity index is 1470. The number of phenolic OH excluding ortho intramolecular Hbond substituents is 1. The topological polar surface area (TPSA) is 256 Å². The summed E-state index contributed by atoms with van der Waals surface area (Å²) in [6.07, 6.45) is 2.72. The van der Waals surface area contributed by atoms with Gasteiger partial charge in [0.1, 0.15) is 23.9 Å². The number of hydrogen-bond donors (Lipinski definition) is 9. The summed E-state index contributed by atoms with van der Waals surface area (Å²) in [5.74, 6) is -4.21. The van der Waals surface area contributed by atoms with E-state index in [4.69, 9.17) is 17.2 Å². The Morgan fingerprint density at radius 2 is 1.44 bits per heavy atom. The van der Waals surface area contributed by atoms with Crippen molar-refractivity contribution in [3.63, 3.8) is 0 Å². The molecule has 4 amide bonds. The van der Waals surface area contributed by atoms with E-state index in [0.29, 0.717) is 36.9 Å². The monoisotopic (exact) mass is 623 g/mol. The van der Waals surface area contributed by atoms with Crippen molar-refractivity contribution >= 4 is 40.5 Å². The van der Waals surface area contributed by atoms with Crippen molar-refractivity contribution in [3.8, 4) is 5.75 Å². The molecule has 1 heterocycles. The number of nitrogens with two attached hydrogens (primary N) is 3. The summed E-state index contributed by atoms with van der Waals surface area (Å²) >= 11 is 0. The second-order valence-corrected chi connectivity index (χ2v) is 10.9. The van der Waals surface area contributed by atoms with Crippen molar-refractivity contribution < 1.29 is 34.2 Å². The van der Waals surface area contributed by atoms with Gasteiger partial charge in [0.25, 0.3) is 0 Å². The fourth-order valence-electron chi connectivity index (χ4n) is 4.82. The predicted octanol–water partition coefficient (Wildman–Crippen LogP) is -0.0805. The van der Waals surface area contributed by atoms with Crippen molar-refractivity contribution in [1.29, 1.82) is 0 Å². The first-order valence-corrected chi connectivity index (χ1v) is 14.7. The lowest BCUT2D eigenvalue weighted by Gasteiger charge is -2.25. The summed E-state index contributed by atoms with van der Waals surface area (Å²) in [5.41, 5.74) is 18.9. The molecule has 0 aliphatic carbocycles. The Kier molecular flexibility index (Phi) is 12.9. The Morgan fingerprint density at radius 1 is 0.800 bits per heavy atom. The molecular weight excluding hydrogens is 582 g/mol. The van der Waals surface area contributed by atoms with Gasteiger partial charge in [0, 0.05) is 36.4 Å². The number of amides is 4. The maximum Gasteiger partial charge on any atom is 0.326 e. The molecule has 0 saturated carbocycles. The number of carbonyl (C=O) groups is 5. The molecule has 1 aromatic heterocycles. The Hall–Kier alpha value is -4.95. The van der Waals surface area contributed by atoms with Gasteiger partial charge in [0.15, 0.2) is 0 Å². The van der Waals surface area contributed by atoms with Crippen LogP contribution in [0.15, 0.2) is 54.7 Å². The molecule has 14 nitrogen and oxygen atoms in total. The lowest BCUT2D eigenvalue weighted by atomic mass is 10.0. The van der Waals surface area contributed by atoms with E-state index >= 15 is 0 Å². The lowest BCUT2D eigenvalue weighted by Crippen LogP contribution is -2.57. The second-order valence-electron chi connectivity index (χ2n) is 10.9. The highest BCUT2D eigenvalue weighted by Crippen LogP contribution is 2.19. The molecule has 0 aliphatic rings. The highest BCUT2D eigenvalue weighted by Gasteiger charge is 2.31. The summed E-state index contributed by atoms with van der Waals surface area (Å²) < 4.78 is 0. The van der Waals surface area contributed by atoms with Gasteiger partial charge in [-0.1, -0.05) is 36.8 Å². The summed E-state index contributed by atoms with van der Waals surface area (Å²) in [6.45, 7) is 0.444. The first kappa shape index (κ1) is 34.5. The van der Waals surface area contributed by atoms with Gasteiger partial charge < -0.3 is 48.3 Å². The highest BCUT2D eigenvalue weighted by molar-refractivity contribution is 5.94. The lowest BCUT2D eigenvalue weighted by molar-refractivity contribution is -0.142. The molecule has 0 radical (unpaired) electrons. The zero-order chi connectivity index (χ0) is 32.9. The molecule has 45 heavy (non-hydrogen) atoms. The number of fused-ring (bicyclic) bond motifs is 1. The SMILES string of the molecule is NCCCCC(N)C(=O)NC(Cc1ccc(O)cc1)C(=O)NC(CCC(N)=O)C(=O)NC(Cc1c[nH]c2ccccc12)C(=O)O. The smallest absolute Gasteiger partial charge is 0.326 e. The summed E-state index contributed by atoms with van der Waals surface area (Å²) in [6, 6.07) is 8.46. The molecular formula is C31H41N7O7. The molecule has 0 fully saturated rings. The van der Waals surface area contributed by atoms with Crippen LogP contribution in [0.4, 0.5) is 0 Å². The second kappa shape index (κ2) is 16.8. The third kappa shape index (κ3) is 10.6. The van der Waals surface area contributed by atoms with Crippen LogP contribution in [-0.2, 0) is 36.8 Å². The molecule has 3 aromatic rings. The highest BCUT2D eigenvalue weighted by atomic mass is 16.4. The molecule has 3 rings (SSSR count). The first-order valence-electron chi connectivity index (χ1n) is 14.7. The minimum absolute atomic E-state index is 0.00882. The maximum absolute atomic E-state index is 13.6. The van der Waals surface area contributed by atoms with E-state index in [1.807, 2.05) is 24.3 Å². The number of carboxylic acid groups (broad SMARTS) is 1. The van der Waals surface area contributed by atoms with Crippen molar-refractivity contribution in [3.05, 3.63) is 65.9 Å². The van der Waals surface area contributed by atoms with Gasteiger partial charge in [-0.2, -0.15) is 0 Å². The molecule has 14 heteroatoms. The van der Waals surface area contributed by atoms with Crippen molar-refractivity contribution in [2.75, 3.05) is 6.54 Å². The van der Waals surface area contributed by atoms with Crippen LogP contribution in [0.5, 0.6) is 5.75 Å². The van der Waals surface area contributed by atoms with Crippen LogP contribution in [0.1, 0.15) is 43.2 Å². The third-order valence-corrected chi connectivity index (χ3v) is 7.34. The van der Waals surface area contributed by atoms with Crippen molar-refractivity contribution in [1.82, 2.24) is 20.9 Å². The molecule has 4 unspecified atom stereocenters. The number of carbonyl (C=O) groups excluding carboxylic acids is 4. The average molecular weight is 624 g/mol. The maximum atomic E-state index is 13.6. The van der Waals surface area contributed by atoms with E-state index in [1.165, 1.54) is 12.1 Å². The molecule has 4 atom stereocenters. The number of hydrogen-bond acceptors (Lipinski definition) is 8. The van der Waals surface area contributed by atoms with Gasteiger partial charge in [-0.15, -0.1) is 0 Å². The number of aliphatic carboxylic acids is 1. The minimum Gasteiger partial charge on any atom is -0.508 e. The van der Waals surface area contributed by atoms with Crippen LogP contribution < -0.4 is 33.2 Å². The molecule has 0 aliphatic heterocycles. The van der Waals surface area contributed by atoms with Gasteiger partial charge in [0.05, 0.1) is 6.04 Å². The van der Waals surface area contributed by atoms with E-state index in [1.54, 1.807) is 18.3 Å². The van der Waals surface area contributed by atoms with Gasteiger partial charge >= 0.3 is 5.97 Å². The largest absolute Gasteiger partial charge is 0.508 e. The number of rotatable bonds is 18. The standard InChI is InChI=1S/C31H41N7O7/c32-14-4-3-6-22(33)28(41)37-25(15-18-8-10-20(39)11-9-18)30(43)36-24(12-13-27(34)40)29(42)38-26(31(44)45)16-19-17-35-23-7-2-1-5-21(19)23/h1-2,5,7-11,17,22,24-26,35,39H,3-4,6,12-16,32-33H2,(H2,34,40)(H,36,43)(H,37,41)(H,38,42)(H,44,45). The normalized spacial score (nSPS) is 13.7. The fraction of sp³-hybridized carbons (Fsp3) is 0.387. The fourth-order valence-corrected chi connectivity index (χ4v) is 4.82. The van der Waals surface area contributed by atoms with Crippen molar-refractivity contribution in [2.24, 2.45) is 17.2 Å². The summed E-state index contributed by atoms with van der Waals surface area (Å²) in [4.78, 5) is 66.7. The van der Waals surface area contributed by atoms with E-state index in [-0.39, 0.29) is 31.4 Å². The minimum atomic E-state index is -1.36. The van der Waals surface area contributed by atoms with E-state index < -0.39 is 53.8 Å². The number of aromatic amines is 1. The number of carboxylic acids is 1. The van der Waals surface area contributed by atoms with Crippen LogP contribution in [0.25, 0.3) is 10.9 Å². The Morgan fingerprint density at radius 3 is 2.11 bits per heavy atom. The van der Waals surface area contributed by atoms with Crippen LogP contribution in [0.3, 0.4) is 0 Å². The number of unbranched alkanes of at least 4 members (excludes halogenated alkanes) is 1. The van der Waals surface area contributed by atoms with Crippen LogP contribution >= 0.6 is 0 Å². The van der Waals surface area contributed by atoms with Crippen LogP contribution in [0.2, 0.25) is 0 Å². The number of aromatic hydroxyl groups is 1. The number of benzene rings is 2. The molecule has 0 spiro atoms. The van der Waals surface area contributed by atoms with Crippen LogP contribution in [-0.4, -0.2) is 75.5 Å². The molecule has 2 aromatic carbocycles. The molecule has 0 saturated heterocycles. The van der Waals surface area contributed by atoms with Crippen LogP contribution in [0, 0.1) is 0 Å². The average Bonchev–Trinajstić information content (AvgIpc) is 3.41. The number of nitrogens with one attached hydrogen (secondary N) is 4. The van der Waals surface area contributed by atoms with E-state index in [2.05, 4.69) is 20.9 Å². The number of aromatic nitrogens is 1. The number of para-hydroxylation sites is 1. The van der Waals surface area contributed by atoms with E-state index in [0.717, 1.165) is 10.9 Å². The number of phenols is 1. The first-order chi connectivity index (χ1) is 21.5.